The Morgan fingerprint density at radius 1 is 0.939 bits per heavy atom. The third-order valence-corrected chi connectivity index (χ3v) is 5.63. The van der Waals surface area contributed by atoms with Gasteiger partial charge in [-0.3, -0.25) is 4.68 Å². The third kappa shape index (κ3) is 3.61. The number of halogens is 3. The second-order valence-corrected chi connectivity index (χ2v) is 7.63. The van der Waals surface area contributed by atoms with E-state index in [1.54, 1.807) is 41.3 Å². The first-order valence-corrected chi connectivity index (χ1v) is 10.4. The monoisotopic (exact) mass is 448 g/mol. The van der Waals surface area contributed by atoms with Crippen LogP contribution in [0.1, 0.15) is 24.9 Å². The maximum atomic E-state index is 15.6. The zero-order valence-electron chi connectivity index (χ0n) is 17.6. The molecule has 0 amide bonds. The van der Waals surface area contributed by atoms with Gasteiger partial charge in [0.25, 0.3) is 0 Å². The number of nitrogens with zero attached hydrogens (tertiary/aromatic N) is 5. The summed E-state index contributed by atoms with van der Waals surface area (Å²) in [6.45, 7) is 1.99. The van der Waals surface area contributed by atoms with Crippen LogP contribution in [-0.2, 0) is 0 Å². The molecule has 5 rings (SSSR count). The number of nitrogens with two attached hydrogens (primary N) is 1. The smallest absolute Gasteiger partial charge is 0.240 e. The van der Waals surface area contributed by atoms with Crippen molar-refractivity contribution >= 4 is 11.6 Å². The Balaban J connectivity index is 1.55. The van der Waals surface area contributed by atoms with Crippen molar-refractivity contribution in [1.82, 2.24) is 24.4 Å². The molecule has 0 radical (unpaired) electrons. The molecule has 9 heteroatoms. The van der Waals surface area contributed by atoms with Gasteiger partial charge in [-0.15, -0.1) is 5.10 Å². The summed E-state index contributed by atoms with van der Waals surface area (Å²) in [4.78, 5) is 3.87. The van der Waals surface area contributed by atoms with Gasteiger partial charge in [0.1, 0.15) is 11.6 Å². The Labute approximate surface area is 187 Å². The number of nitrogen functional groups attached to an aromatic ring is 1. The molecular weight excluding hydrogens is 429 g/mol. The zero-order chi connectivity index (χ0) is 23.1. The minimum Gasteiger partial charge on any atom is -0.366 e. The second kappa shape index (κ2) is 8.09. The molecule has 0 fully saturated rings. The van der Waals surface area contributed by atoms with E-state index in [-0.39, 0.29) is 40.1 Å². The van der Waals surface area contributed by atoms with E-state index in [1.807, 2.05) is 6.92 Å². The highest BCUT2D eigenvalue weighted by atomic mass is 19.1. The minimum absolute atomic E-state index is 0.0550. The van der Waals surface area contributed by atoms with Gasteiger partial charge in [-0.1, -0.05) is 37.3 Å². The molecule has 0 bridgehead atoms. The fraction of sp³-hybridized carbons (Fsp3) is 0.125. The van der Waals surface area contributed by atoms with Crippen molar-refractivity contribution in [2.45, 2.75) is 19.4 Å². The molecule has 0 saturated heterocycles. The number of hydrogen-bond acceptors (Lipinski definition) is 4. The molecule has 3 aromatic heterocycles. The summed E-state index contributed by atoms with van der Waals surface area (Å²) in [5.41, 5.74) is 7.35. The Hall–Kier alpha value is -4.14. The molecule has 0 spiro atoms. The largest absolute Gasteiger partial charge is 0.366 e. The van der Waals surface area contributed by atoms with Crippen molar-refractivity contribution < 1.29 is 13.2 Å². The van der Waals surface area contributed by atoms with Crippen LogP contribution in [0.15, 0.2) is 67.1 Å². The fourth-order valence-electron chi connectivity index (χ4n) is 4.01. The first-order valence-electron chi connectivity index (χ1n) is 10.4. The van der Waals surface area contributed by atoms with Crippen LogP contribution in [0, 0.1) is 17.5 Å². The van der Waals surface area contributed by atoms with Crippen LogP contribution < -0.4 is 5.73 Å². The normalized spacial score (nSPS) is 12.4. The molecular formula is C24H19F3N6. The van der Waals surface area contributed by atoms with Crippen molar-refractivity contribution in [3.05, 3.63) is 90.1 Å². The Bertz CT molecular complexity index is 1460. The van der Waals surface area contributed by atoms with Crippen molar-refractivity contribution in [3.63, 3.8) is 0 Å². The zero-order valence-corrected chi connectivity index (χ0v) is 17.6. The van der Waals surface area contributed by atoms with E-state index >= 15 is 8.78 Å². The molecule has 2 N–H and O–H groups in total. The van der Waals surface area contributed by atoms with Gasteiger partial charge in [0.05, 0.1) is 12.2 Å². The van der Waals surface area contributed by atoms with E-state index in [4.69, 9.17) is 5.73 Å². The lowest BCUT2D eigenvalue weighted by Gasteiger charge is -2.16. The maximum Gasteiger partial charge on any atom is 0.240 e. The van der Waals surface area contributed by atoms with Crippen LogP contribution in [0.2, 0.25) is 0 Å². The minimum atomic E-state index is -0.712. The summed E-state index contributed by atoms with van der Waals surface area (Å²) in [5, 5.41) is 8.29. The highest BCUT2D eigenvalue weighted by Gasteiger charge is 2.20. The molecule has 5 aromatic rings. The average Bonchev–Trinajstić information content (AvgIpc) is 3.43. The van der Waals surface area contributed by atoms with E-state index in [2.05, 4.69) is 15.2 Å². The number of hydrogen-bond donors (Lipinski definition) is 1. The van der Waals surface area contributed by atoms with E-state index in [1.165, 1.54) is 35.0 Å². The quantitative estimate of drug-likeness (QED) is 0.398. The van der Waals surface area contributed by atoms with E-state index < -0.39 is 11.6 Å². The molecule has 1 unspecified atom stereocenters. The number of fused-ring (bicyclic) bond motifs is 1. The van der Waals surface area contributed by atoms with Gasteiger partial charge in [-0.25, -0.2) is 17.7 Å². The lowest BCUT2D eigenvalue weighted by Crippen LogP contribution is -2.10. The summed E-state index contributed by atoms with van der Waals surface area (Å²) >= 11 is 0. The lowest BCUT2D eigenvalue weighted by molar-refractivity contribution is 0.508. The molecule has 2 aromatic carbocycles. The molecule has 6 nitrogen and oxygen atoms in total. The van der Waals surface area contributed by atoms with Gasteiger partial charge in [-0.2, -0.15) is 10.1 Å². The third-order valence-electron chi connectivity index (χ3n) is 5.63. The number of benzene rings is 2. The molecule has 1 atom stereocenters. The maximum absolute atomic E-state index is 15.6. The predicted octanol–water partition coefficient (Wildman–Crippen LogP) is 5.26. The first kappa shape index (κ1) is 20.7. The predicted molar refractivity (Wildman–Crippen MR) is 119 cm³/mol. The van der Waals surface area contributed by atoms with Gasteiger partial charge < -0.3 is 5.73 Å². The summed E-state index contributed by atoms with van der Waals surface area (Å²) in [6.07, 6.45) is 5.49. The average molecular weight is 448 g/mol. The molecule has 33 heavy (non-hydrogen) atoms. The Morgan fingerprint density at radius 3 is 2.42 bits per heavy atom. The van der Waals surface area contributed by atoms with Gasteiger partial charge in [0, 0.05) is 34.6 Å². The highest BCUT2D eigenvalue weighted by molar-refractivity contribution is 5.75. The van der Waals surface area contributed by atoms with Crippen molar-refractivity contribution in [3.8, 4) is 22.3 Å². The molecule has 166 valence electrons. The van der Waals surface area contributed by atoms with Gasteiger partial charge in [0.15, 0.2) is 11.5 Å². The summed E-state index contributed by atoms with van der Waals surface area (Å²) in [6, 6.07) is 12.3. The molecule has 0 saturated carbocycles. The highest BCUT2D eigenvalue weighted by Crippen LogP contribution is 2.34. The van der Waals surface area contributed by atoms with E-state index in [9.17, 15) is 4.39 Å². The van der Waals surface area contributed by atoms with E-state index in [0.29, 0.717) is 12.0 Å². The van der Waals surface area contributed by atoms with Crippen molar-refractivity contribution in [2.75, 3.05) is 5.73 Å². The Kier molecular flexibility index (Phi) is 5.08. The second-order valence-electron chi connectivity index (χ2n) is 7.63. The number of pyridine rings is 1. The molecule has 0 aliphatic heterocycles. The lowest BCUT2D eigenvalue weighted by atomic mass is 9.99. The van der Waals surface area contributed by atoms with Gasteiger partial charge in [0.2, 0.25) is 5.95 Å². The molecule has 0 aliphatic carbocycles. The number of rotatable bonds is 5. The van der Waals surface area contributed by atoms with Crippen LogP contribution in [0.3, 0.4) is 0 Å². The SMILES string of the molecule is CCC(c1ccc(F)cc1)n1cc(-c2cccc(-c3ccn4nc(N)nc4c3F)c2F)cn1. The number of aromatic nitrogens is 5. The van der Waals surface area contributed by atoms with Crippen LogP contribution in [-0.4, -0.2) is 24.4 Å². The topological polar surface area (TPSA) is 74.0 Å². The van der Waals surface area contributed by atoms with Crippen LogP contribution in [0.4, 0.5) is 19.1 Å². The van der Waals surface area contributed by atoms with Crippen molar-refractivity contribution in [2.24, 2.45) is 0 Å². The Morgan fingerprint density at radius 2 is 1.67 bits per heavy atom. The van der Waals surface area contributed by atoms with E-state index in [0.717, 1.165) is 5.56 Å². The van der Waals surface area contributed by atoms with Crippen LogP contribution >= 0.6 is 0 Å². The van der Waals surface area contributed by atoms with Crippen LogP contribution in [0.5, 0.6) is 0 Å². The van der Waals surface area contributed by atoms with Crippen molar-refractivity contribution in [1.29, 1.82) is 0 Å². The summed E-state index contributed by atoms with van der Waals surface area (Å²) in [5.74, 6) is -1.68. The molecule has 3 heterocycles. The number of anilines is 1. The first-order chi connectivity index (χ1) is 16.0. The summed E-state index contributed by atoms with van der Waals surface area (Å²) < 4.78 is 46.9. The summed E-state index contributed by atoms with van der Waals surface area (Å²) in [7, 11) is 0. The fourth-order valence-corrected chi connectivity index (χ4v) is 4.01. The molecule has 0 aliphatic rings. The van der Waals surface area contributed by atoms with Gasteiger partial charge in [-0.05, 0) is 30.2 Å². The standard InChI is InChI=1S/C24H19F3N6/c1-2-20(14-6-8-16(25)9-7-14)33-13-15(12-29-33)17-4-3-5-18(21(17)26)19-10-11-32-23(22(19)27)30-24(28)31-32/h3-13,20H,2H2,1H3,(H2,28,31). The van der Waals surface area contributed by atoms with Gasteiger partial charge >= 0.3 is 0 Å². The van der Waals surface area contributed by atoms with Crippen LogP contribution in [0.25, 0.3) is 27.9 Å².